The van der Waals surface area contributed by atoms with Gasteiger partial charge in [-0.1, -0.05) is 20.8 Å². The highest BCUT2D eigenvalue weighted by atomic mass is 16.5. The van der Waals surface area contributed by atoms with Gasteiger partial charge in [0.15, 0.2) is 5.65 Å². The SMILES string of the molecule is CC(C)(C)c1nn([C@H]2CCOC2)c2ncccc12. The lowest BCUT2D eigenvalue weighted by molar-refractivity contribution is 0.185. The number of fused-ring (bicyclic) bond motifs is 1. The molecule has 2 aromatic rings. The number of aromatic nitrogens is 3. The highest BCUT2D eigenvalue weighted by molar-refractivity contribution is 5.79. The third-order valence-electron chi connectivity index (χ3n) is 3.43. The number of nitrogens with zero attached hydrogens (tertiary/aromatic N) is 3. The van der Waals surface area contributed by atoms with E-state index in [1.807, 2.05) is 12.3 Å². The van der Waals surface area contributed by atoms with E-state index < -0.39 is 0 Å². The molecule has 0 spiro atoms. The quantitative estimate of drug-likeness (QED) is 0.775. The predicted octanol–water partition coefficient (Wildman–Crippen LogP) is 2.69. The van der Waals surface area contributed by atoms with E-state index in [0.717, 1.165) is 36.4 Å². The Hall–Kier alpha value is -1.42. The van der Waals surface area contributed by atoms with Crippen LogP contribution in [0.3, 0.4) is 0 Å². The molecule has 18 heavy (non-hydrogen) atoms. The molecule has 3 heterocycles. The van der Waals surface area contributed by atoms with Crippen LogP contribution in [-0.2, 0) is 10.2 Å². The molecule has 0 saturated carbocycles. The van der Waals surface area contributed by atoms with Crippen LogP contribution in [0.2, 0.25) is 0 Å². The topological polar surface area (TPSA) is 39.9 Å². The first-order chi connectivity index (χ1) is 8.57. The lowest BCUT2D eigenvalue weighted by Crippen LogP contribution is -2.15. The van der Waals surface area contributed by atoms with Crippen LogP contribution < -0.4 is 0 Å². The van der Waals surface area contributed by atoms with E-state index in [-0.39, 0.29) is 5.41 Å². The van der Waals surface area contributed by atoms with Gasteiger partial charge in [0.05, 0.1) is 18.3 Å². The summed E-state index contributed by atoms with van der Waals surface area (Å²) < 4.78 is 7.53. The van der Waals surface area contributed by atoms with E-state index in [1.54, 1.807) is 0 Å². The molecule has 1 aliphatic rings. The molecule has 96 valence electrons. The molecule has 0 aliphatic carbocycles. The van der Waals surface area contributed by atoms with Gasteiger partial charge in [0, 0.05) is 23.6 Å². The lowest BCUT2D eigenvalue weighted by atomic mass is 9.90. The van der Waals surface area contributed by atoms with Crippen LogP contribution in [0, 0.1) is 0 Å². The van der Waals surface area contributed by atoms with Crippen molar-refractivity contribution in [1.82, 2.24) is 14.8 Å². The summed E-state index contributed by atoms with van der Waals surface area (Å²) in [4.78, 5) is 4.50. The smallest absolute Gasteiger partial charge is 0.158 e. The Morgan fingerprint density at radius 2 is 2.22 bits per heavy atom. The van der Waals surface area contributed by atoms with Gasteiger partial charge in [-0.15, -0.1) is 0 Å². The van der Waals surface area contributed by atoms with Gasteiger partial charge in [0.25, 0.3) is 0 Å². The largest absolute Gasteiger partial charge is 0.379 e. The average molecular weight is 245 g/mol. The van der Waals surface area contributed by atoms with E-state index >= 15 is 0 Å². The van der Waals surface area contributed by atoms with Gasteiger partial charge < -0.3 is 4.74 Å². The second kappa shape index (κ2) is 4.05. The monoisotopic (exact) mass is 245 g/mol. The van der Waals surface area contributed by atoms with Crippen molar-refractivity contribution in [2.45, 2.75) is 38.6 Å². The van der Waals surface area contributed by atoms with E-state index in [1.165, 1.54) is 0 Å². The first kappa shape index (κ1) is 11.7. The molecule has 1 fully saturated rings. The average Bonchev–Trinajstić information content (AvgIpc) is 2.94. The molecule has 4 heteroatoms. The molecule has 1 saturated heterocycles. The summed E-state index contributed by atoms with van der Waals surface area (Å²) in [7, 11) is 0. The molecule has 0 bridgehead atoms. The summed E-state index contributed by atoms with van der Waals surface area (Å²) in [5.74, 6) is 0. The van der Waals surface area contributed by atoms with Crippen LogP contribution in [-0.4, -0.2) is 28.0 Å². The maximum Gasteiger partial charge on any atom is 0.158 e. The molecule has 0 aromatic carbocycles. The van der Waals surface area contributed by atoms with Crippen LogP contribution in [0.4, 0.5) is 0 Å². The molecule has 4 nitrogen and oxygen atoms in total. The van der Waals surface area contributed by atoms with Gasteiger partial charge in [-0.05, 0) is 18.6 Å². The Morgan fingerprint density at radius 1 is 1.39 bits per heavy atom. The van der Waals surface area contributed by atoms with Crippen molar-refractivity contribution in [3.05, 3.63) is 24.0 Å². The first-order valence-electron chi connectivity index (χ1n) is 6.49. The van der Waals surface area contributed by atoms with Gasteiger partial charge in [-0.25, -0.2) is 9.67 Å². The fourth-order valence-electron chi connectivity index (χ4n) is 2.50. The van der Waals surface area contributed by atoms with Crippen LogP contribution in [0.15, 0.2) is 18.3 Å². The Balaban J connectivity index is 2.20. The maximum atomic E-state index is 5.47. The fraction of sp³-hybridized carbons (Fsp3) is 0.571. The van der Waals surface area contributed by atoms with Gasteiger partial charge >= 0.3 is 0 Å². The van der Waals surface area contributed by atoms with Gasteiger partial charge in [-0.3, -0.25) is 0 Å². The van der Waals surface area contributed by atoms with Crippen molar-refractivity contribution < 1.29 is 4.74 Å². The normalized spacial score (nSPS) is 20.7. The van der Waals surface area contributed by atoms with Crippen molar-refractivity contribution in [2.24, 2.45) is 0 Å². The van der Waals surface area contributed by atoms with Crippen molar-refractivity contribution in [3.8, 4) is 0 Å². The highest BCUT2D eigenvalue weighted by Crippen LogP contribution is 2.31. The molecular formula is C14H19N3O. The Kier molecular flexibility index (Phi) is 2.63. The standard InChI is InChI=1S/C14H19N3O/c1-14(2,3)12-11-5-4-7-15-13(11)17(16-12)10-6-8-18-9-10/h4-5,7,10H,6,8-9H2,1-3H3/t10-/m0/s1. The van der Waals surface area contributed by atoms with E-state index in [9.17, 15) is 0 Å². The van der Waals surface area contributed by atoms with Crippen LogP contribution >= 0.6 is 0 Å². The zero-order chi connectivity index (χ0) is 12.8. The van der Waals surface area contributed by atoms with Crippen LogP contribution in [0.5, 0.6) is 0 Å². The Morgan fingerprint density at radius 3 is 2.89 bits per heavy atom. The summed E-state index contributed by atoms with van der Waals surface area (Å²) >= 11 is 0. The van der Waals surface area contributed by atoms with E-state index in [0.29, 0.717) is 6.04 Å². The van der Waals surface area contributed by atoms with Gasteiger partial charge in [0.1, 0.15) is 0 Å². The molecule has 0 unspecified atom stereocenters. The number of hydrogen-bond donors (Lipinski definition) is 0. The molecule has 1 atom stereocenters. The Bertz CT molecular complexity index is 562. The second-order valence-electron chi connectivity index (χ2n) is 5.94. The molecule has 1 aliphatic heterocycles. The lowest BCUT2D eigenvalue weighted by Gasteiger charge is -2.15. The highest BCUT2D eigenvalue weighted by Gasteiger charge is 2.27. The molecule has 0 N–H and O–H groups in total. The number of pyridine rings is 1. The summed E-state index contributed by atoms with van der Waals surface area (Å²) in [5, 5.41) is 5.98. The minimum atomic E-state index is 0.0337. The first-order valence-corrected chi connectivity index (χ1v) is 6.49. The molecular weight excluding hydrogens is 226 g/mol. The molecule has 0 amide bonds. The summed E-state index contributed by atoms with van der Waals surface area (Å²) in [5.41, 5.74) is 2.14. The van der Waals surface area contributed by atoms with Crippen molar-refractivity contribution >= 4 is 11.0 Å². The van der Waals surface area contributed by atoms with Gasteiger partial charge in [-0.2, -0.15) is 5.10 Å². The zero-order valence-corrected chi connectivity index (χ0v) is 11.2. The van der Waals surface area contributed by atoms with Crippen molar-refractivity contribution in [2.75, 3.05) is 13.2 Å². The second-order valence-corrected chi connectivity index (χ2v) is 5.94. The van der Waals surface area contributed by atoms with Crippen LogP contribution in [0.25, 0.3) is 11.0 Å². The third kappa shape index (κ3) is 1.81. The molecule has 3 rings (SSSR count). The molecule has 0 radical (unpaired) electrons. The fourth-order valence-corrected chi connectivity index (χ4v) is 2.50. The molecule has 2 aromatic heterocycles. The van der Waals surface area contributed by atoms with E-state index in [2.05, 4.69) is 36.5 Å². The van der Waals surface area contributed by atoms with Gasteiger partial charge in [0.2, 0.25) is 0 Å². The maximum absolute atomic E-state index is 5.47. The van der Waals surface area contributed by atoms with E-state index in [4.69, 9.17) is 9.84 Å². The van der Waals surface area contributed by atoms with Crippen LogP contribution in [0.1, 0.15) is 38.9 Å². The summed E-state index contributed by atoms with van der Waals surface area (Å²) in [6.07, 6.45) is 2.86. The zero-order valence-electron chi connectivity index (χ0n) is 11.2. The Labute approximate surface area is 107 Å². The number of ether oxygens (including phenoxy) is 1. The van der Waals surface area contributed by atoms with Crippen molar-refractivity contribution in [1.29, 1.82) is 0 Å². The minimum absolute atomic E-state index is 0.0337. The summed E-state index contributed by atoms with van der Waals surface area (Å²) in [6.45, 7) is 8.15. The third-order valence-corrected chi connectivity index (χ3v) is 3.43. The predicted molar refractivity (Wildman–Crippen MR) is 70.7 cm³/mol. The summed E-state index contributed by atoms with van der Waals surface area (Å²) in [6, 6.07) is 4.43. The number of rotatable bonds is 1. The number of hydrogen-bond acceptors (Lipinski definition) is 3. The minimum Gasteiger partial charge on any atom is -0.379 e. The van der Waals surface area contributed by atoms with Crippen molar-refractivity contribution in [3.63, 3.8) is 0 Å².